The molecule has 1 rings (SSSR count). The van der Waals surface area contributed by atoms with Crippen molar-refractivity contribution in [2.45, 2.75) is 37.9 Å². The molecule has 1 unspecified atom stereocenters. The third kappa shape index (κ3) is 3.50. The van der Waals surface area contributed by atoms with Crippen LogP contribution in [0.3, 0.4) is 0 Å². The van der Waals surface area contributed by atoms with Crippen LogP contribution in [0.4, 0.5) is 4.39 Å². The van der Waals surface area contributed by atoms with E-state index >= 15 is 0 Å². The molecule has 0 saturated heterocycles. The predicted octanol–water partition coefficient (Wildman–Crippen LogP) is 3.37. The Morgan fingerprint density at radius 3 is 2.59 bits per heavy atom. The summed E-state index contributed by atoms with van der Waals surface area (Å²) in [5.74, 6) is -0.463. The van der Waals surface area contributed by atoms with Crippen LogP contribution in [-0.4, -0.2) is 8.96 Å². The average Bonchev–Trinajstić information content (AvgIpc) is 2.15. The zero-order valence-electron chi connectivity index (χ0n) is 10.2. The molecule has 0 saturated carbocycles. The maximum atomic E-state index is 13.7. The average molecular weight is 278 g/mol. The summed E-state index contributed by atoms with van der Waals surface area (Å²) >= 11 is 5.99. The van der Waals surface area contributed by atoms with E-state index in [9.17, 15) is 8.60 Å². The van der Waals surface area contributed by atoms with E-state index in [0.29, 0.717) is 17.0 Å². The van der Waals surface area contributed by atoms with Gasteiger partial charge in [0.05, 0.1) is 15.7 Å². The number of hydrogen-bond acceptors (Lipinski definition) is 1. The maximum absolute atomic E-state index is 13.7. The summed E-state index contributed by atoms with van der Waals surface area (Å²) in [6.07, 6.45) is 0.511. The molecule has 0 aliphatic carbocycles. The molecule has 0 radical (unpaired) electrons. The Bertz CT molecular complexity index is 416. The van der Waals surface area contributed by atoms with Crippen LogP contribution in [0, 0.1) is 5.82 Å². The highest BCUT2D eigenvalue weighted by atomic mass is 35.5. The van der Waals surface area contributed by atoms with E-state index in [4.69, 9.17) is 16.7 Å². The number of halogens is 2. The minimum atomic E-state index is -1.45. The molecule has 0 fully saturated rings. The maximum Gasteiger partial charge on any atom is 0.128 e. The zero-order chi connectivity index (χ0) is 13.2. The Morgan fingerprint density at radius 1 is 1.53 bits per heavy atom. The molecule has 2 atom stereocenters. The van der Waals surface area contributed by atoms with Gasteiger partial charge in [-0.05, 0) is 38.3 Å². The van der Waals surface area contributed by atoms with Crippen LogP contribution >= 0.6 is 11.6 Å². The quantitative estimate of drug-likeness (QED) is 0.901. The van der Waals surface area contributed by atoms with Gasteiger partial charge in [0, 0.05) is 10.6 Å². The first-order valence-electron chi connectivity index (χ1n) is 5.36. The largest absolute Gasteiger partial charge is 0.251 e. The Labute approximate surface area is 109 Å². The summed E-state index contributed by atoms with van der Waals surface area (Å²) < 4.78 is 24.5. The fourth-order valence-electron chi connectivity index (χ4n) is 1.90. The van der Waals surface area contributed by atoms with Crippen molar-refractivity contribution in [2.24, 2.45) is 5.14 Å². The Balaban J connectivity index is 2.98. The number of benzene rings is 1. The van der Waals surface area contributed by atoms with Gasteiger partial charge < -0.3 is 0 Å². The lowest BCUT2D eigenvalue weighted by Crippen LogP contribution is -2.33. The Kier molecular flexibility index (Phi) is 4.69. The molecular weight excluding hydrogens is 261 g/mol. The van der Waals surface area contributed by atoms with Gasteiger partial charge in [-0.25, -0.2) is 8.60 Å². The van der Waals surface area contributed by atoms with Crippen molar-refractivity contribution in [3.63, 3.8) is 0 Å². The first-order valence-corrected chi connectivity index (χ1v) is 6.95. The first kappa shape index (κ1) is 14.6. The van der Waals surface area contributed by atoms with E-state index in [0.717, 1.165) is 0 Å². The van der Waals surface area contributed by atoms with Crippen LogP contribution in [-0.2, 0) is 11.0 Å². The molecule has 2 nitrogen and oxygen atoms in total. The summed E-state index contributed by atoms with van der Waals surface area (Å²) in [6.45, 7) is 5.46. The molecular formula is C12H17ClFNOS. The highest BCUT2D eigenvalue weighted by Crippen LogP contribution is 2.33. The molecule has 5 heteroatoms. The fraction of sp³-hybridized carbons (Fsp3) is 0.500. The van der Waals surface area contributed by atoms with E-state index in [1.165, 1.54) is 6.07 Å². The van der Waals surface area contributed by atoms with Crippen molar-refractivity contribution >= 4 is 22.6 Å². The number of hydrogen-bond donors (Lipinski definition) is 1. The van der Waals surface area contributed by atoms with E-state index in [2.05, 4.69) is 0 Å². The van der Waals surface area contributed by atoms with Crippen molar-refractivity contribution in [3.05, 3.63) is 34.6 Å². The second-order valence-corrected chi connectivity index (χ2v) is 6.90. The standard InChI is InChI=1S/C12H17ClFNOS/c1-8(7-12(2,3)17(15)16)11-9(13)5-4-6-10(11)14/h4-6,8H,7,15H2,1-3H3/t8-,17?/m0/s1. The minimum Gasteiger partial charge on any atom is -0.251 e. The minimum absolute atomic E-state index is 0.133. The highest BCUT2D eigenvalue weighted by Gasteiger charge is 2.28. The van der Waals surface area contributed by atoms with Crippen molar-refractivity contribution in [1.82, 2.24) is 0 Å². The summed E-state index contributed by atoms with van der Waals surface area (Å²) in [4.78, 5) is 0. The number of rotatable bonds is 4. The van der Waals surface area contributed by atoms with Crippen LogP contribution in [0.5, 0.6) is 0 Å². The molecule has 0 aliphatic heterocycles. The summed E-state index contributed by atoms with van der Waals surface area (Å²) in [6, 6.07) is 4.60. The van der Waals surface area contributed by atoms with Crippen LogP contribution in [0.25, 0.3) is 0 Å². The second kappa shape index (κ2) is 5.46. The van der Waals surface area contributed by atoms with Gasteiger partial charge in [0.1, 0.15) is 5.82 Å². The zero-order valence-corrected chi connectivity index (χ0v) is 11.7. The molecule has 17 heavy (non-hydrogen) atoms. The molecule has 0 aromatic heterocycles. The molecule has 0 amide bonds. The van der Waals surface area contributed by atoms with Crippen molar-refractivity contribution in [2.75, 3.05) is 0 Å². The molecule has 1 aromatic carbocycles. The molecule has 0 bridgehead atoms. The molecule has 0 heterocycles. The van der Waals surface area contributed by atoms with Gasteiger partial charge in [0.2, 0.25) is 0 Å². The third-order valence-electron chi connectivity index (χ3n) is 2.83. The predicted molar refractivity (Wildman–Crippen MR) is 70.9 cm³/mol. The van der Waals surface area contributed by atoms with E-state index in [1.807, 2.05) is 6.92 Å². The van der Waals surface area contributed by atoms with Crippen LogP contribution in [0.15, 0.2) is 18.2 Å². The van der Waals surface area contributed by atoms with Gasteiger partial charge in [-0.15, -0.1) is 0 Å². The lowest BCUT2D eigenvalue weighted by molar-refractivity contribution is 0.516. The lowest BCUT2D eigenvalue weighted by atomic mass is 9.91. The van der Waals surface area contributed by atoms with E-state index < -0.39 is 15.7 Å². The van der Waals surface area contributed by atoms with Crippen LogP contribution in [0.1, 0.15) is 38.7 Å². The van der Waals surface area contributed by atoms with Gasteiger partial charge in [0.25, 0.3) is 0 Å². The summed E-state index contributed by atoms with van der Waals surface area (Å²) in [5, 5.41) is 5.82. The van der Waals surface area contributed by atoms with Crippen LogP contribution in [0.2, 0.25) is 5.02 Å². The Morgan fingerprint density at radius 2 is 2.12 bits per heavy atom. The molecule has 2 N–H and O–H groups in total. The topological polar surface area (TPSA) is 43.1 Å². The van der Waals surface area contributed by atoms with Crippen molar-refractivity contribution < 1.29 is 8.60 Å². The summed E-state index contributed by atoms with van der Waals surface area (Å²) in [7, 11) is -1.45. The Hall–Kier alpha value is -0.450. The van der Waals surface area contributed by atoms with E-state index in [-0.39, 0.29) is 11.7 Å². The van der Waals surface area contributed by atoms with Gasteiger partial charge in [-0.2, -0.15) is 0 Å². The molecule has 0 spiro atoms. The molecule has 0 aliphatic rings. The van der Waals surface area contributed by atoms with Crippen molar-refractivity contribution in [3.8, 4) is 0 Å². The van der Waals surface area contributed by atoms with Gasteiger partial charge in [0.15, 0.2) is 0 Å². The smallest absolute Gasteiger partial charge is 0.128 e. The van der Waals surface area contributed by atoms with E-state index in [1.54, 1.807) is 26.0 Å². The third-order valence-corrected chi connectivity index (χ3v) is 4.42. The van der Waals surface area contributed by atoms with Gasteiger partial charge in [-0.1, -0.05) is 24.6 Å². The monoisotopic (exact) mass is 277 g/mol. The SMILES string of the molecule is C[C@@H](CC(C)(C)S(N)=O)c1c(F)cccc1Cl. The molecule has 1 aromatic rings. The van der Waals surface area contributed by atoms with Crippen molar-refractivity contribution in [1.29, 1.82) is 0 Å². The number of nitrogens with two attached hydrogens (primary N) is 1. The molecule has 96 valence electrons. The highest BCUT2D eigenvalue weighted by molar-refractivity contribution is 7.84. The second-order valence-electron chi connectivity index (χ2n) is 4.80. The van der Waals surface area contributed by atoms with Crippen LogP contribution < -0.4 is 5.14 Å². The van der Waals surface area contributed by atoms with Gasteiger partial charge >= 0.3 is 0 Å². The normalized spacial score (nSPS) is 15.6. The lowest BCUT2D eigenvalue weighted by Gasteiger charge is -2.26. The summed E-state index contributed by atoms with van der Waals surface area (Å²) in [5.41, 5.74) is 0.465. The van der Waals surface area contributed by atoms with Gasteiger partial charge in [-0.3, -0.25) is 5.14 Å². The first-order chi connectivity index (χ1) is 7.75. The fourth-order valence-corrected chi connectivity index (χ4v) is 2.67.